The summed E-state index contributed by atoms with van der Waals surface area (Å²) >= 11 is 3.40. The third kappa shape index (κ3) is 2.71. The van der Waals surface area contributed by atoms with Crippen molar-refractivity contribution in [3.8, 4) is 0 Å². The molecule has 1 aliphatic rings. The molecule has 0 radical (unpaired) electrons. The first-order chi connectivity index (χ1) is 9.22. The maximum Gasteiger partial charge on any atom is 0.227 e. The Hall–Kier alpha value is -1.62. The number of carbonyl (C=O) groups excluding carboxylic acids is 1. The highest BCUT2D eigenvalue weighted by molar-refractivity contribution is 9.10. The summed E-state index contributed by atoms with van der Waals surface area (Å²) in [5.41, 5.74) is 3.03. The molecule has 3 rings (SSSR count). The molecule has 0 fully saturated rings. The van der Waals surface area contributed by atoms with Crippen LogP contribution in [0.1, 0.15) is 17.8 Å². The van der Waals surface area contributed by atoms with Crippen LogP contribution in [0.5, 0.6) is 0 Å². The van der Waals surface area contributed by atoms with Gasteiger partial charge < -0.3 is 10.3 Å². The van der Waals surface area contributed by atoms with Crippen LogP contribution in [0, 0.1) is 5.92 Å². The molecule has 1 aliphatic carbocycles. The molecule has 1 atom stereocenters. The van der Waals surface area contributed by atoms with E-state index in [1.165, 1.54) is 0 Å². The van der Waals surface area contributed by atoms with Crippen molar-refractivity contribution in [2.24, 2.45) is 5.92 Å². The molecule has 98 valence electrons. The Balaban J connectivity index is 1.69. The fourth-order valence-electron chi connectivity index (χ4n) is 2.44. The van der Waals surface area contributed by atoms with Crippen LogP contribution in [-0.2, 0) is 17.6 Å². The molecule has 0 saturated heterocycles. The number of aryl methyl sites for hydroxylation is 1. The summed E-state index contributed by atoms with van der Waals surface area (Å²) in [6, 6.07) is 7.65. The van der Waals surface area contributed by atoms with Crippen molar-refractivity contribution in [3.63, 3.8) is 0 Å². The number of hydrogen-bond acceptors (Lipinski definition) is 2. The third-order valence-corrected chi connectivity index (χ3v) is 3.94. The standard InChI is InChI=1S/C14H14BrN3O/c15-10-2-1-3-11(7-10)18-14(19)9-4-5-12-13(6-9)17-8-16-12/h1-3,7-9H,4-6H2,(H,16,17)(H,18,19). The molecule has 19 heavy (non-hydrogen) atoms. The zero-order valence-electron chi connectivity index (χ0n) is 10.3. The number of benzene rings is 1. The van der Waals surface area contributed by atoms with E-state index in [0.717, 1.165) is 40.8 Å². The third-order valence-electron chi connectivity index (χ3n) is 3.45. The number of fused-ring (bicyclic) bond motifs is 1. The number of rotatable bonds is 2. The second-order valence-electron chi connectivity index (χ2n) is 4.77. The number of aromatic nitrogens is 2. The predicted octanol–water partition coefficient (Wildman–Crippen LogP) is 2.92. The van der Waals surface area contributed by atoms with Crippen LogP contribution >= 0.6 is 15.9 Å². The topological polar surface area (TPSA) is 57.8 Å². The van der Waals surface area contributed by atoms with Gasteiger partial charge in [0.2, 0.25) is 5.91 Å². The van der Waals surface area contributed by atoms with Gasteiger partial charge in [-0.15, -0.1) is 0 Å². The second kappa shape index (κ2) is 5.17. The highest BCUT2D eigenvalue weighted by Crippen LogP contribution is 2.24. The van der Waals surface area contributed by atoms with Crippen LogP contribution in [-0.4, -0.2) is 15.9 Å². The molecule has 0 saturated carbocycles. The van der Waals surface area contributed by atoms with E-state index in [4.69, 9.17) is 0 Å². The van der Waals surface area contributed by atoms with E-state index in [2.05, 4.69) is 31.2 Å². The van der Waals surface area contributed by atoms with Gasteiger partial charge in [-0.05, 0) is 31.0 Å². The highest BCUT2D eigenvalue weighted by atomic mass is 79.9. The number of H-pyrrole nitrogens is 1. The Morgan fingerprint density at radius 3 is 3.21 bits per heavy atom. The molecule has 4 nitrogen and oxygen atoms in total. The SMILES string of the molecule is O=C(Nc1cccc(Br)c1)C1CCc2nc[nH]c2C1. The van der Waals surface area contributed by atoms with Gasteiger partial charge in [-0.2, -0.15) is 0 Å². The highest BCUT2D eigenvalue weighted by Gasteiger charge is 2.26. The van der Waals surface area contributed by atoms with Crippen molar-refractivity contribution in [2.75, 3.05) is 5.32 Å². The van der Waals surface area contributed by atoms with Crippen LogP contribution in [0.15, 0.2) is 35.1 Å². The summed E-state index contributed by atoms with van der Waals surface area (Å²) in [6.45, 7) is 0. The molecule has 0 aliphatic heterocycles. The van der Waals surface area contributed by atoms with Crippen LogP contribution in [0.3, 0.4) is 0 Å². The van der Waals surface area contributed by atoms with Gasteiger partial charge in [0.05, 0.1) is 12.0 Å². The fourth-order valence-corrected chi connectivity index (χ4v) is 2.83. The minimum Gasteiger partial charge on any atom is -0.348 e. The first-order valence-corrected chi connectivity index (χ1v) is 7.09. The van der Waals surface area contributed by atoms with E-state index in [9.17, 15) is 4.79 Å². The van der Waals surface area contributed by atoms with Gasteiger partial charge in [0.1, 0.15) is 0 Å². The number of carbonyl (C=O) groups is 1. The van der Waals surface area contributed by atoms with Crippen LogP contribution < -0.4 is 5.32 Å². The van der Waals surface area contributed by atoms with Crippen LogP contribution in [0.25, 0.3) is 0 Å². The van der Waals surface area contributed by atoms with E-state index in [1.54, 1.807) is 6.33 Å². The summed E-state index contributed by atoms with van der Waals surface area (Å²) in [5, 5.41) is 2.97. The Labute approximate surface area is 119 Å². The molecule has 2 N–H and O–H groups in total. The number of anilines is 1. The number of imidazole rings is 1. The lowest BCUT2D eigenvalue weighted by atomic mass is 9.89. The zero-order chi connectivity index (χ0) is 13.2. The van der Waals surface area contributed by atoms with Crippen molar-refractivity contribution in [1.82, 2.24) is 9.97 Å². The zero-order valence-corrected chi connectivity index (χ0v) is 11.9. The number of aromatic amines is 1. The van der Waals surface area contributed by atoms with Gasteiger partial charge in [-0.25, -0.2) is 4.98 Å². The minimum atomic E-state index is 0.0203. The average Bonchev–Trinajstić information content (AvgIpc) is 2.85. The molecule has 1 unspecified atom stereocenters. The Bertz CT molecular complexity index is 608. The number of hydrogen-bond donors (Lipinski definition) is 2. The maximum absolute atomic E-state index is 12.2. The molecule has 1 amide bonds. The number of nitrogens with zero attached hydrogens (tertiary/aromatic N) is 1. The van der Waals surface area contributed by atoms with Gasteiger partial charge in [-0.1, -0.05) is 22.0 Å². The van der Waals surface area contributed by atoms with Gasteiger partial charge in [0.25, 0.3) is 0 Å². The van der Waals surface area contributed by atoms with Crippen LogP contribution in [0.4, 0.5) is 5.69 Å². The van der Waals surface area contributed by atoms with E-state index in [0.29, 0.717) is 0 Å². The molecule has 0 spiro atoms. The fraction of sp³-hybridized carbons (Fsp3) is 0.286. The molecular formula is C14H14BrN3O. The molecule has 1 aromatic carbocycles. The van der Waals surface area contributed by atoms with E-state index in [1.807, 2.05) is 24.3 Å². The molecule has 5 heteroatoms. The van der Waals surface area contributed by atoms with Crippen molar-refractivity contribution < 1.29 is 4.79 Å². The lowest BCUT2D eigenvalue weighted by Gasteiger charge is -2.20. The Kier molecular flexibility index (Phi) is 3.38. The van der Waals surface area contributed by atoms with Gasteiger partial charge in [0, 0.05) is 28.2 Å². The summed E-state index contributed by atoms with van der Waals surface area (Å²) in [4.78, 5) is 19.6. The average molecular weight is 320 g/mol. The van der Waals surface area contributed by atoms with Crippen LogP contribution in [0.2, 0.25) is 0 Å². The first kappa shape index (κ1) is 12.4. The van der Waals surface area contributed by atoms with Crippen molar-refractivity contribution >= 4 is 27.5 Å². The second-order valence-corrected chi connectivity index (χ2v) is 5.68. The first-order valence-electron chi connectivity index (χ1n) is 6.30. The van der Waals surface area contributed by atoms with Gasteiger partial charge >= 0.3 is 0 Å². The van der Waals surface area contributed by atoms with Gasteiger partial charge in [-0.3, -0.25) is 4.79 Å². The summed E-state index contributed by atoms with van der Waals surface area (Å²) < 4.78 is 0.963. The molecule has 2 aromatic rings. The van der Waals surface area contributed by atoms with E-state index in [-0.39, 0.29) is 11.8 Å². The largest absolute Gasteiger partial charge is 0.348 e. The number of nitrogens with one attached hydrogen (secondary N) is 2. The van der Waals surface area contributed by atoms with E-state index < -0.39 is 0 Å². The predicted molar refractivity (Wildman–Crippen MR) is 76.9 cm³/mol. The summed E-state index contributed by atoms with van der Waals surface area (Å²) in [7, 11) is 0. The molecule has 1 heterocycles. The quantitative estimate of drug-likeness (QED) is 0.894. The van der Waals surface area contributed by atoms with Gasteiger partial charge in [0.15, 0.2) is 0 Å². The number of halogens is 1. The number of amides is 1. The molecule has 0 bridgehead atoms. The van der Waals surface area contributed by atoms with Crippen molar-refractivity contribution in [1.29, 1.82) is 0 Å². The smallest absolute Gasteiger partial charge is 0.227 e. The Morgan fingerprint density at radius 2 is 2.37 bits per heavy atom. The van der Waals surface area contributed by atoms with Crippen molar-refractivity contribution in [3.05, 3.63) is 46.5 Å². The molecular weight excluding hydrogens is 306 g/mol. The molecule has 1 aromatic heterocycles. The lowest BCUT2D eigenvalue weighted by molar-refractivity contribution is -0.120. The monoisotopic (exact) mass is 319 g/mol. The minimum absolute atomic E-state index is 0.0203. The maximum atomic E-state index is 12.2. The van der Waals surface area contributed by atoms with E-state index >= 15 is 0 Å². The summed E-state index contributed by atoms with van der Waals surface area (Å²) in [6.07, 6.45) is 4.18. The Morgan fingerprint density at radius 1 is 1.47 bits per heavy atom. The van der Waals surface area contributed by atoms with Crippen molar-refractivity contribution in [2.45, 2.75) is 19.3 Å². The normalized spacial score (nSPS) is 17.8. The summed E-state index contributed by atoms with van der Waals surface area (Å²) in [5.74, 6) is 0.102. The lowest BCUT2D eigenvalue weighted by Crippen LogP contribution is -2.28.